The first-order valence-corrected chi connectivity index (χ1v) is 8.19. The number of benzene rings is 2. The minimum absolute atomic E-state index is 0.0727. The highest BCUT2D eigenvalue weighted by Crippen LogP contribution is 2.36. The molecule has 1 amide bonds. The van der Waals surface area contributed by atoms with Gasteiger partial charge in [0, 0.05) is 19.7 Å². The van der Waals surface area contributed by atoms with Crippen LogP contribution in [0.2, 0.25) is 0 Å². The third kappa shape index (κ3) is 2.89. The summed E-state index contributed by atoms with van der Waals surface area (Å²) < 4.78 is 5.67. The second-order valence-corrected chi connectivity index (χ2v) is 6.18. The van der Waals surface area contributed by atoms with Gasteiger partial charge < -0.3 is 4.74 Å². The number of fused-ring (bicyclic) bond motifs is 1. The molecule has 0 spiro atoms. The van der Waals surface area contributed by atoms with E-state index in [0.717, 1.165) is 16.3 Å². The molecule has 1 saturated heterocycles. The zero-order chi connectivity index (χ0) is 17.1. The second kappa shape index (κ2) is 6.81. The Bertz CT molecular complexity index is 909. The number of amides is 1. The van der Waals surface area contributed by atoms with Gasteiger partial charge in [-0.05, 0) is 34.7 Å². The van der Waals surface area contributed by atoms with Gasteiger partial charge in [0.2, 0.25) is 0 Å². The highest BCUT2D eigenvalue weighted by molar-refractivity contribution is 8.18. The number of carbonyl (C=O) groups excluding carboxylic acids is 1. The van der Waals surface area contributed by atoms with Gasteiger partial charge in [0.15, 0.2) is 5.17 Å². The molecule has 1 aliphatic rings. The lowest BCUT2D eigenvalue weighted by Crippen LogP contribution is -2.23. The fraction of sp³-hybridized carbons (Fsp3) is 0.158. The predicted molar refractivity (Wildman–Crippen MR) is 100.0 cm³/mol. The zero-order valence-electron chi connectivity index (χ0n) is 13.4. The third-order valence-corrected chi connectivity index (χ3v) is 4.86. The summed E-state index contributed by atoms with van der Waals surface area (Å²) in [6, 6.07) is 11.8. The lowest BCUT2D eigenvalue weighted by atomic mass is 10.0. The van der Waals surface area contributed by atoms with Crippen molar-refractivity contribution in [2.24, 2.45) is 4.99 Å². The Morgan fingerprint density at radius 3 is 2.83 bits per heavy atom. The van der Waals surface area contributed by atoms with Crippen LogP contribution in [0.4, 0.5) is 0 Å². The van der Waals surface area contributed by atoms with Crippen LogP contribution in [0, 0.1) is 12.3 Å². The maximum Gasteiger partial charge on any atom is 0.266 e. The van der Waals surface area contributed by atoms with Gasteiger partial charge in [0.05, 0.1) is 4.91 Å². The van der Waals surface area contributed by atoms with Gasteiger partial charge in [0.1, 0.15) is 12.4 Å². The molecule has 2 aromatic carbocycles. The van der Waals surface area contributed by atoms with Crippen LogP contribution in [0.1, 0.15) is 5.56 Å². The zero-order valence-corrected chi connectivity index (χ0v) is 14.3. The van der Waals surface area contributed by atoms with Gasteiger partial charge in [-0.25, -0.2) is 0 Å². The maximum absolute atomic E-state index is 12.4. The molecule has 4 nitrogen and oxygen atoms in total. The number of carbonyl (C=O) groups is 1. The van der Waals surface area contributed by atoms with Gasteiger partial charge in [-0.15, -0.1) is 6.42 Å². The van der Waals surface area contributed by atoms with Gasteiger partial charge in [-0.2, -0.15) is 0 Å². The van der Waals surface area contributed by atoms with E-state index in [-0.39, 0.29) is 12.5 Å². The Labute approximate surface area is 145 Å². The van der Waals surface area contributed by atoms with Crippen molar-refractivity contribution in [1.29, 1.82) is 0 Å². The Balaban J connectivity index is 2.15. The van der Waals surface area contributed by atoms with Gasteiger partial charge in [0.25, 0.3) is 5.91 Å². The summed E-state index contributed by atoms with van der Waals surface area (Å²) in [6.45, 7) is 0.178. The average molecular weight is 336 g/mol. The fourth-order valence-corrected chi connectivity index (χ4v) is 3.46. The molecule has 0 aliphatic carbocycles. The molecule has 120 valence electrons. The van der Waals surface area contributed by atoms with Crippen LogP contribution in [0.25, 0.3) is 16.8 Å². The number of amidine groups is 1. The van der Waals surface area contributed by atoms with Crippen molar-refractivity contribution in [3.8, 4) is 18.1 Å². The monoisotopic (exact) mass is 336 g/mol. The van der Waals surface area contributed by atoms with E-state index >= 15 is 0 Å². The number of aliphatic imine (C=N–C) groups is 1. The summed E-state index contributed by atoms with van der Waals surface area (Å²) in [5.41, 5.74) is 0.852. The van der Waals surface area contributed by atoms with Crippen LogP contribution in [0.5, 0.6) is 5.75 Å². The molecule has 5 heteroatoms. The predicted octanol–water partition coefficient (Wildman–Crippen LogP) is 3.38. The number of thioether (sulfide) groups is 1. The molecular formula is C19H16N2O2S. The second-order valence-electron chi connectivity index (χ2n) is 5.17. The molecule has 2 aromatic rings. The van der Waals surface area contributed by atoms with Gasteiger partial charge in [-0.1, -0.05) is 36.3 Å². The summed E-state index contributed by atoms with van der Waals surface area (Å²) in [5.74, 6) is 3.07. The summed E-state index contributed by atoms with van der Waals surface area (Å²) in [7, 11) is 3.39. The highest BCUT2D eigenvalue weighted by atomic mass is 32.2. The van der Waals surface area contributed by atoms with Gasteiger partial charge in [-0.3, -0.25) is 14.7 Å². The first-order valence-electron chi connectivity index (χ1n) is 7.38. The molecule has 1 fully saturated rings. The number of nitrogens with zero attached hydrogens (tertiary/aromatic N) is 2. The van der Waals surface area contributed by atoms with Gasteiger partial charge >= 0.3 is 0 Å². The van der Waals surface area contributed by atoms with E-state index in [1.807, 2.05) is 42.5 Å². The molecule has 0 atom stereocenters. The van der Waals surface area contributed by atoms with Crippen molar-refractivity contribution in [3.05, 3.63) is 46.9 Å². The van der Waals surface area contributed by atoms with Crippen LogP contribution in [-0.2, 0) is 4.79 Å². The van der Waals surface area contributed by atoms with Crippen molar-refractivity contribution in [1.82, 2.24) is 4.90 Å². The maximum atomic E-state index is 12.4. The Kier molecular flexibility index (Phi) is 4.59. The summed E-state index contributed by atoms with van der Waals surface area (Å²) >= 11 is 1.35. The smallest absolute Gasteiger partial charge is 0.266 e. The van der Waals surface area contributed by atoms with Crippen molar-refractivity contribution in [3.63, 3.8) is 0 Å². The number of terminal acetylenes is 1. The lowest BCUT2D eigenvalue weighted by Gasteiger charge is -2.11. The van der Waals surface area contributed by atoms with Crippen molar-refractivity contribution < 1.29 is 9.53 Å². The molecule has 24 heavy (non-hydrogen) atoms. The number of hydrogen-bond acceptors (Lipinski definition) is 4. The van der Waals surface area contributed by atoms with Crippen molar-refractivity contribution >= 4 is 39.7 Å². The van der Waals surface area contributed by atoms with E-state index in [1.54, 1.807) is 19.0 Å². The third-order valence-electron chi connectivity index (χ3n) is 3.71. The largest absolute Gasteiger partial charge is 0.480 e. The fourth-order valence-electron chi connectivity index (χ4n) is 2.55. The van der Waals surface area contributed by atoms with Crippen LogP contribution in [0.3, 0.4) is 0 Å². The minimum atomic E-state index is -0.0727. The number of hydrogen-bond donors (Lipinski definition) is 0. The standard InChI is InChI=1S/C19H16N2O2S/c1-4-11-23-16-10-9-13-7-5-6-8-14(13)15(16)12-17-18(22)21(3)19(20-2)24-17/h1,5-10,12H,11H2,2-3H3. The topological polar surface area (TPSA) is 41.9 Å². The normalized spacial score (nSPS) is 17.7. The van der Waals surface area contributed by atoms with Crippen molar-refractivity contribution in [2.45, 2.75) is 0 Å². The molecule has 0 N–H and O–H groups in total. The highest BCUT2D eigenvalue weighted by Gasteiger charge is 2.30. The Morgan fingerprint density at radius 2 is 2.12 bits per heavy atom. The molecule has 1 aliphatic heterocycles. The lowest BCUT2D eigenvalue weighted by molar-refractivity contribution is -0.121. The number of likely N-dealkylation sites (N-methyl/N-ethyl adjacent to an activating group) is 1. The quantitative estimate of drug-likeness (QED) is 0.637. The van der Waals surface area contributed by atoms with E-state index in [1.165, 1.54) is 11.8 Å². The number of ether oxygens (including phenoxy) is 1. The molecular weight excluding hydrogens is 320 g/mol. The molecule has 0 bridgehead atoms. The van der Waals surface area contributed by atoms with E-state index in [0.29, 0.717) is 15.8 Å². The SMILES string of the molecule is C#CCOc1ccc2ccccc2c1C=C1SC(=NC)N(C)C1=O. The molecule has 0 aromatic heterocycles. The minimum Gasteiger partial charge on any atom is -0.480 e. The van der Waals surface area contributed by atoms with Crippen LogP contribution in [-0.4, -0.2) is 36.7 Å². The molecule has 0 radical (unpaired) electrons. The van der Waals surface area contributed by atoms with E-state index < -0.39 is 0 Å². The first-order chi connectivity index (χ1) is 11.7. The molecule has 0 saturated carbocycles. The summed E-state index contributed by atoms with van der Waals surface area (Å²) in [6.07, 6.45) is 7.17. The van der Waals surface area contributed by atoms with Crippen LogP contribution in [0.15, 0.2) is 46.3 Å². The molecule has 1 heterocycles. The van der Waals surface area contributed by atoms with Crippen molar-refractivity contribution in [2.75, 3.05) is 20.7 Å². The summed E-state index contributed by atoms with van der Waals surface area (Å²) in [4.78, 5) is 18.7. The van der Waals surface area contributed by atoms with E-state index in [9.17, 15) is 4.79 Å². The molecule has 0 unspecified atom stereocenters. The first kappa shape index (κ1) is 16.2. The van der Waals surface area contributed by atoms with E-state index in [4.69, 9.17) is 11.2 Å². The van der Waals surface area contributed by atoms with Crippen LogP contribution >= 0.6 is 11.8 Å². The number of rotatable bonds is 3. The van der Waals surface area contributed by atoms with Crippen LogP contribution < -0.4 is 4.74 Å². The molecule has 3 rings (SSSR count). The summed E-state index contributed by atoms with van der Waals surface area (Å²) in [5, 5.41) is 2.76. The Morgan fingerprint density at radius 1 is 1.33 bits per heavy atom. The Hall–Kier alpha value is -2.71. The average Bonchev–Trinajstić information content (AvgIpc) is 2.88. The van der Waals surface area contributed by atoms with E-state index in [2.05, 4.69) is 10.9 Å².